The van der Waals surface area contributed by atoms with Gasteiger partial charge in [0.25, 0.3) is 0 Å². The van der Waals surface area contributed by atoms with E-state index < -0.39 is 0 Å². The number of aryl methyl sites for hydroxylation is 1. The SMILES string of the molecule is [C-]#[N+]c1ccc2c(c1)c(C(CC(=O)CC1CCC(N)CC1)c1cccc(C)c1)cn2CC1CCCCC1. The Kier molecular flexibility index (Phi) is 8.11. The Labute approximate surface area is 222 Å². The number of aromatic nitrogens is 1. The lowest BCUT2D eigenvalue weighted by Crippen LogP contribution is -2.27. The lowest BCUT2D eigenvalue weighted by atomic mass is 9.80. The molecular weight excluding hydrogens is 454 g/mol. The van der Waals surface area contributed by atoms with Crippen LogP contribution in [0.4, 0.5) is 5.69 Å². The third-order valence-corrected chi connectivity index (χ3v) is 8.86. The maximum absolute atomic E-state index is 13.5. The fraction of sp³-hybridized carbons (Fsp3) is 0.515. The van der Waals surface area contributed by atoms with E-state index in [1.54, 1.807) is 0 Å². The number of nitrogens with two attached hydrogens (primary N) is 1. The number of ketones is 1. The minimum atomic E-state index is -0.00524. The Morgan fingerprint density at radius 1 is 1.03 bits per heavy atom. The van der Waals surface area contributed by atoms with Gasteiger partial charge in [0.1, 0.15) is 5.78 Å². The van der Waals surface area contributed by atoms with Crippen LogP contribution in [-0.2, 0) is 11.3 Å². The van der Waals surface area contributed by atoms with Crippen LogP contribution in [0.1, 0.15) is 93.2 Å². The van der Waals surface area contributed by atoms with Gasteiger partial charge in [-0.15, -0.1) is 0 Å². The highest BCUT2D eigenvalue weighted by molar-refractivity contribution is 5.89. The number of hydrogen-bond acceptors (Lipinski definition) is 2. The third-order valence-electron chi connectivity index (χ3n) is 8.86. The summed E-state index contributed by atoms with van der Waals surface area (Å²) in [6.07, 6.45) is 14.3. The predicted molar refractivity (Wildman–Crippen MR) is 152 cm³/mol. The molecule has 2 fully saturated rings. The van der Waals surface area contributed by atoms with Crippen molar-refractivity contribution >= 4 is 22.4 Å². The number of Topliss-reactive ketones (excluding diaryl/α,β-unsaturated/α-hetero) is 1. The predicted octanol–water partition coefficient (Wildman–Crippen LogP) is 8.08. The van der Waals surface area contributed by atoms with Crippen molar-refractivity contribution in [3.05, 3.63) is 76.8 Å². The quantitative estimate of drug-likeness (QED) is 0.321. The summed E-state index contributed by atoms with van der Waals surface area (Å²) >= 11 is 0. The summed E-state index contributed by atoms with van der Waals surface area (Å²) in [5, 5.41) is 1.13. The van der Waals surface area contributed by atoms with E-state index in [9.17, 15) is 4.79 Å². The van der Waals surface area contributed by atoms with Crippen molar-refractivity contribution in [1.82, 2.24) is 4.57 Å². The summed E-state index contributed by atoms with van der Waals surface area (Å²) in [5.41, 5.74) is 11.6. The molecule has 2 N–H and O–H groups in total. The second kappa shape index (κ2) is 11.7. The van der Waals surface area contributed by atoms with E-state index in [0.717, 1.165) is 37.6 Å². The Bertz CT molecular complexity index is 1270. The Hall–Kier alpha value is -2.90. The molecule has 194 valence electrons. The molecule has 0 radical (unpaired) electrons. The first-order valence-electron chi connectivity index (χ1n) is 14.3. The Balaban J connectivity index is 1.50. The van der Waals surface area contributed by atoms with Crippen LogP contribution in [0, 0.1) is 25.3 Å². The van der Waals surface area contributed by atoms with Gasteiger partial charge in [0.05, 0.1) is 6.57 Å². The average Bonchev–Trinajstić information content (AvgIpc) is 3.26. The lowest BCUT2D eigenvalue weighted by Gasteiger charge is -2.26. The minimum Gasteiger partial charge on any atom is -0.347 e. The van der Waals surface area contributed by atoms with Gasteiger partial charge in [0.2, 0.25) is 0 Å². The van der Waals surface area contributed by atoms with Gasteiger partial charge in [0.15, 0.2) is 5.69 Å². The molecule has 0 spiro atoms. The lowest BCUT2D eigenvalue weighted by molar-refractivity contribution is -0.120. The van der Waals surface area contributed by atoms with E-state index >= 15 is 0 Å². The summed E-state index contributed by atoms with van der Waals surface area (Å²) in [5.74, 6) is 1.51. The average molecular weight is 496 g/mol. The molecule has 2 saturated carbocycles. The van der Waals surface area contributed by atoms with Crippen LogP contribution in [0.2, 0.25) is 0 Å². The standard InChI is InChI=1S/C33H41N3O/c1-23-7-6-10-26(17-23)30(20-29(37)18-24-11-13-27(34)14-12-24)32-22-36(21-25-8-4-3-5-9-25)33-16-15-28(35-2)19-31(32)33/h6-7,10,15-17,19,22,24-25,27,30H,3-5,8-9,11-14,18,20-21,34H2,1H3. The number of hydrogen-bond donors (Lipinski definition) is 1. The first-order valence-corrected chi connectivity index (χ1v) is 14.3. The topological polar surface area (TPSA) is 52.4 Å². The van der Waals surface area contributed by atoms with Crippen LogP contribution in [0.15, 0.2) is 48.7 Å². The molecule has 2 aromatic carbocycles. The zero-order valence-electron chi connectivity index (χ0n) is 22.3. The molecule has 0 amide bonds. The van der Waals surface area contributed by atoms with E-state index in [-0.39, 0.29) is 5.92 Å². The highest BCUT2D eigenvalue weighted by Crippen LogP contribution is 2.39. The van der Waals surface area contributed by atoms with E-state index in [0.29, 0.717) is 42.2 Å². The number of fused-ring (bicyclic) bond motifs is 1. The molecule has 1 heterocycles. The van der Waals surface area contributed by atoms with Gasteiger partial charge >= 0.3 is 0 Å². The van der Waals surface area contributed by atoms with Crippen LogP contribution in [0.3, 0.4) is 0 Å². The molecule has 0 aliphatic heterocycles. The molecule has 5 rings (SSSR count). The van der Waals surface area contributed by atoms with Crippen molar-refractivity contribution in [2.45, 2.75) is 96.1 Å². The second-order valence-corrected chi connectivity index (χ2v) is 11.7. The largest absolute Gasteiger partial charge is 0.347 e. The number of carbonyl (C=O) groups excluding carboxylic acids is 1. The number of nitrogens with zero attached hydrogens (tertiary/aromatic N) is 2. The zero-order chi connectivity index (χ0) is 25.8. The van der Waals surface area contributed by atoms with E-state index in [1.165, 1.54) is 54.3 Å². The van der Waals surface area contributed by atoms with Crippen molar-refractivity contribution in [2.24, 2.45) is 17.6 Å². The first kappa shape index (κ1) is 25.7. The van der Waals surface area contributed by atoms with Gasteiger partial charge in [-0.2, -0.15) is 0 Å². The number of rotatable bonds is 8. The fourth-order valence-corrected chi connectivity index (χ4v) is 6.78. The molecule has 0 saturated heterocycles. The van der Waals surface area contributed by atoms with Crippen LogP contribution in [0.5, 0.6) is 0 Å². The molecule has 1 unspecified atom stereocenters. The first-order chi connectivity index (χ1) is 18.0. The van der Waals surface area contributed by atoms with Crippen molar-refractivity contribution in [3.63, 3.8) is 0 Å². The molecule has 0 bridgehead atoms. The van der Waals surface area contributed by atoms with Gasteiger partial charge in [-0.05, 0) is 85.9 Å². The smallest absolute Gasteiger partial charge is 0.187 e. The van der Waals surface area contributed by atoms with Crippen molar-refractivity contribution in [3.8, 4) is 0 Å². The van der Waals surface area contributed by atoms with Crippen LogP contribution in [-0.4, -0.2) is 16.4 Å². The summed E-state index contributed by atoms with van der Waals surface area (Å²) in [7, 11) is 0. The van der Waals surface area contributed by atoms with Gasteiger partial charge in [-0.1, -0.05) is 55.2 Å². The molecule has 1 aromatic heterocycles. The fourth-order valence-electron chi connectivity index (χ4n) is 6.78. The monoisotopic (exact) mass is 495 g/mol. The van der Waals surface area contributed by atoms with E-state index in [4.69, 9.17) is 12.3 Å². The highest BCUT2D eigenvalue weighted by atomic mass is 16.1. The van der Waals surface area contributed by atoms with Gasteiger partial charge in [-0.3, -0.25) is 4.79 Å². The molecule has 2 aliphatic carbocycles. The second-order valence-electron chi connectivity index (χ2n) is 11.7. The Morgan fingerprint density at radius 3 is 2.54 bits per heavy atom. The van der Waals surface area contributed by atoms with Gasteiger partial charge in [-0.25, -0.2) is 4.85 Å². The van der Waals surface area contributed by atoms with Gasteiger partial charge in [0, 0.05) is 43.1 Å². The maximum atomic E-state index is 13.5. The van der Waals surface area contributed by atoms with Crippen molar-refractivity contribution in [1.29, 1.82) is 0 Å². The van der Waals surface area contributed by atoms with Crippen molar-refractivity contribution < 1.29 is 4.79 Å². The highest BCUT2D eigenvalue weighted by Gasteiger charge is 2.27. The normalized spacial score (nSPS) is 21.5. The van der Waals surface area contributed by atoms with Crippen molar-refractivity contribution in [2.75, 3.05) is 0 Å². The number of benzene rings is 2. The van der Waals surface area contributed by atoms with Crippen LogP contribution in [0.25, 0.3) is 15.7 Å². The molecule has 3 aromatic rings. The summed E-state index contributed by atoms with van der Waals surface area (Å²) in [4.78, 5) is 17.3. The van der Waals surface area contributed by atoms with E-state index in [2.05, 4.69) is 52.9 Å². The minimum absolute atomic E-state index is 0.00524. The third kappa shape index (κ3) is 6.16. The number of carbonyl (C=O) groups is 1. The molecule has 2 aliphatic rings. The maximum Gasteiger partial charge on any atom is 0.187 e. The summed E-state index contributed by atoms with van der Waals surface area (Å²) < 4.78 is 2.42. The molecule has 1 atom stereocenters. The molecule has 4 nitrogen and oxygen atoms in total. The molecular formula is C33H41N3O. The summed E-state index contributed by atoms with van der Waals surface area (Å²) in [6.45, 7) is 10.8. The van der Waals surface area contributed by atoms with Gasteiger partial charge < -0.3 is 10.3 Å². The van der Waals surface area contributed by atoms with Crippen LogP contribution < -0.4 is 5.73 Å². The van der Waals surface area contributed by atoms with E-state index in [1.807, 2.05) is 12.1 Å². The molecule has 37 heavy (non-hydrogen) atoms. The Morgan fingerprint density at radius 2 is 1.81 bits per heavy atom. The van der Waals surface area contributed by atoms with Crippen LogP contribution >= 0.6 is 0 Å². The molecule has 4 heteroatoms. The summed E-state index contributed by atoms with van der Waals surface area (Å²) in [6, 6.07) is 15.1. The zero-order valence-corrected chi connectivity index (χ0v) is 22.3.